The monoisotopic (exact) mass is 317 g/mol. The average molecular weight is 317 g/mol. The summed E-state index contributed by atoms with van der Waals surface area (Å²) in [4.78, 5) is 2.58. The quantitative estimate of drug-likeness (QED) is 0.454. The van der Waals surface area contributed by atoms with Crippen LogP contribution in [0.15, 0.2) is 12.2 Å². The first-order valence-corrected chi connectivity index (χ1v) is 7.66. The fraction of sp³-hybridized carbons (Fsp3) is 0.818. The van der Waals surface area contributed by atoms with Crippen LogP contribution in [-0.4, -0.2) is 55.7 Å². The maximum absolute atomic E-state index is 10.7. The highest BCUT2D eigenvalue weighted by atomic mass is 32.2. The van der Waals surface area contributed by atoms with E-state index in [2.05, 4.69) is 17.1 Å². The largest absolute Gasteiger partial charge is 0.522 e. The van der Waals surface area contributed by atoms with Gasteiger partial charge in [-0.25, -0.2) is 0 Å². The van der Waals surface area contributed by atoms with Crippen LogP contribution in [0, 0.1) is 0 Å². The van der Waals surface area contributed by atoms with Crippen molar-refractivity contribution in [2.75, 3.05) is 26.3 Å². The Kier molecular flexibility index (Phi) is 6.44. The molecule has 1 fully saturated rings. The lowest BCUT2D eigenvalue weighted by atomic mass is 10.0. The second-order valence-electron chi connectivity index (χ2n) is 4.51. The van der Waals surface area contributed by atoms with Gasteiger partial charge in [-0.2, -0.15) is 21.6 Å². The summed E-state index contributed by atoms with van der Waals surface area (Å²) in [7, 11) is -5.84. The van der Waals surface area contributed by atoms with Gasteiger partial charge in [-0.3, -0.25) is 9.45 Å². The van der Waals surface area contributed by atoms with Gasteiger partial charge in [0.2, 0.25) is 0 Å². The molecule has 1 saturated heterocycles. The molecule has 1 unspecified atom stereocenters. The summed E-state index contributed by atoms with van der Waals surface area (Å²) in [6, 6.07) is 0.805. The van der Waals surface area contributed by atoms with Crippen LogP contribution in [0.2, 0.25) is 0 Å². The Morgan fingerprint density at radius 2 is 1.75 bits per heavy atom. The smallest absolute Gasteiger partial charge is 0.379 e. The number of nitrogens with zero attached hydrogens (tertiary/aromatic N) is 1. The third-order valence-corrected chi connectivity index (χ3v) is 3.68. The second-order valence-corrected chi connectivity index (χ2v) is 5.92. The van der Waals surface area contributed by atoms with E-state index in [4.69, 9.17) is 17.7 Å². The van der Waals surface area contributed by atoms with Gasteiger partial charge in [-0.15, -0.1) is 0 Å². The van der Waals surface area contributed by atoms with E-state index in [0.717, 1.165) is 32.3 Å². The van der Waals surface area contributed by atoms with E-state index in [-0.39, 0.29) is 0 Å². The highest BCUT2D eigenvalue weighted by Gasteiger charge is 2.44. The van der Waals surface area contributed by atoms with Crippen LogP contribution in [-0.2, 0) is 14.9 Å². The van der Waals surface area contributed by atoms with Gasteiger partial charge in [0.1, 0.15) is 0 Å². The van der Waals surface area contributed by atoms with Crippen molar-refractivity contribution >= 4 is 10.1 Å². The van der Waals surface area contributed by atoms with Gasteiger partial charge in [0.15, 0.2) is 0 Å². The lowest BCUT2D eigenvalue weighted by Crippen LogP contribution is -2.43. The molecule has 1 heterocycles. The van der Waals surface area contributed by atoms with E-state index in [9.17, 15) is 13.2 Å². The predicted molar refractivity (Wildman–Crippen MR) is 66.8 cm³/mol. The summed E-state index contributed by atoms with van der Waals surface area (Å²) >= 11 is 0. The van der Waals surface area contributed by atoms with Crippen molar-refractivity contribution in [3.8, 4) is 0 Å². The first-order valence-electron chi connectivity index (χ1n) is 6.22. The zero-order valence-electron chi connectivity index (χ0n) is 10.8. The Labute approximate surface area is 116 Å². The van der Waals surface area contributed by atoms with E-state index in [1.54, 1.807) is 0 Å². The molecule has 0 bridgehead atoms. The number of ether oxygens (including phenoxy) is 1. The van der Waals surface area contributed by atoms with Crippen LogP contribution >= 0.6 is 0 Å². The van der Waals surface area contributed by atoms with Gasteiger partial charge < -0.3 is 4.74 Å². The fourth-order valence-electron chi connectivity index (χ4n) is 2.05. The van der Waals surface area contributed by atoms with Gasteiger partial charge in [0.25, 0.3) is 0 Å². The summed E-state index contributed by atoms with van der Waals surface area (Å²) in [5, 5.41) is 0. The van der Waals surface area contributed by atoms with Crippen molar-refractivity contribution < 1.29 is 30.9 Å². The van der Waals surface area contributed by atoms with Crippen LogP contribution < -0.4 is 0 Å². The molecular weight excluding hydrogens is 299 g/mol. The first-order chi connectivity index (χ1) is 9.22. The molecule has 0 aromatic rings. The normalized spacial score (nSPS) is 24.9. The zero-order chi connectivity index (χ0) is 15.2. The second kappa shape index (κ2) is 7.39. The van der Waals surface area contributed by atoms with Crippen LogP contribution in [0.4, 0.5) is 13.2 Å². The van der Waals surface area contributed by atoms with Crippen LogP contribution in [0.25, 0.3) is 0 Å². The Bertz CT molecular complexity index is 416. The molecule has 2 aliphatic rings. The number of hydrogen-bond donors (Lipinski definition) is 1. The van der Waals surface area contributed by atoms with Gasteiger partial charge >= 0.3 is 15.6 Å². The minimum absolute atomic E-state index is 0.805. The molecule has 2 rings (SSSR count). The molecule has 1 atom stereocenters. The number of hydrogen-bond acceptors (Lipinski definition) is 4. The standard InChI is InChI=1S/C10H17NO.CHF3O3S/c1-2-4-10(5-3-1)11-6-8-12-9-7-11;2-1(3,4)8(5,6)7/h1-2,10H,3-9H2;(H,5,6,7). The molecule has 0 spiro atoms. The first kappa shape index (κ1) is 17.4. The summed E-state index contributed by atoms with van der Waals surface area (Å²) in [5.74, 6) is 0. The number of allylic oxidation sites excluding steroid dienone is 1. The third-order valence-electron chi connectivity index (χ3n) is 3.10. The Balaban J connectivity index is 0.000000221. The predicted octanol–water partition coefficient (Wildman–Crippen LogP) is 1.82. The molecule has 5 nitrogen and oxygen atoms in total. The molecule has 20 heavy (non-hydrogen) atoms. The molecule has 0 aromatic carbocycles. The maximum atomic E-state index is 10.7. The molecule has 0 amide bonds. The summed E-state index contributed by atoms with van der Waals surface area (Å²) in [5.41, 5.74) is -5.53. The summed E-state index contributed by atoms with van der Waals surface area (Å²) in [6.07, 6.45) is 8.49. The molecule has 0 saturated carbocycles. The van der Waals surface area contributed by atoms with Gasteiger partial charge in [0, 0.05) is 19.1 Å². The molecule has 0 radical (unpaired) electrons. The molecule has 1 N–H and O–H groups in total. The van der Waals surface area contributed by atoms with Crippen molar-refractivity contribution in [3.05, 3.63) is 12.2 Å². The Hall–Kier alpha value is -0.640. The minimum atomic E-state index is -5.84. The zero-order valence-corrected chi connectivity index (χ0v) is 11.7. The summed E-state index contributed by atoms with van der Waals surface area (Å²) in [6.45, 7) is 4.14. The number of halogens is 3. The van der Waals surface area contributed by atoms with Crippen LogP contribution in [0.5, 0.6) is 0 Å². The van der Waals surface area contributed by atoms with Crippen molar-refractivity contribution in [2.45, 2.75) is 30.8 Å². The van der Waals surface area contributed by atoms with E-state index in [0.29, 0.717) is 0 Å². The van der Waals surface area contributed by atoms with E-state index in [1.165, 1.54) is 19.3 Å². The van der Waals surface area contributed by atoms with E-state index < -0.39 is 15.6 Å². The SMILES string of the molecule is C1=CCC(N2CCOCC2)CC1.O=S(=O)(O)C(F)(F)F. The van der Waals surface area contributed by atoms with Crippen molar-refractivity contribution in [1.29, 1.82) is 0 Å². The van der Waals surface area contributed by atoms with Crippen LogP contribution in [0.1, 0.15) is 19.3 Å². The number of rotatable bonds is 1. The topological polar surface area (TPSA) is 66.8 Å². The lowest BCUT2D eigenvalue weighted by molar-refractivity contribution is -0.0510. The number of alkyl halides is 3. The molecule has 9 heteroatoms. The van der Waals surface area contributed by atoms with Gasteiger partial charge in [0.05, 0.1) is 13.2 Å². The summed E-state index contributed by atoms with van der Waals surface area (Å²) < 4.78 is 62.9. The van der Waals surface area contributed by atoms with Gasteiger partial charge in [-0.05, 0) is 19.3 Å². The molecule has 118 valence electrons. The van der Waals surface area contributed by atoms with Crippen LogP contribution in [0.3, 0.4) is 0 Å². The van der Waals surface area contributed by atoms with Crippen molar-refractivity contribution in [1.82, 2.24) is 4.90 Å². The van der Waals surface area contributed by atoms with E-state index >= 15 is 0 Å². The minimum Gasteiger partial charge on any atom is -0.379 e. The fourth-order valence-corrected chi connectivity index (χ4v) is 2.05. The average Bonchev–Trinajstić information content (AvgIpc) is 2.39. The molecule has 1 aliphatic heterocycles. The van der Waals surface area contributed by atoms with E-state index in [1.807, 2.05) is 0 Å². The molecular formula is C11H18F3NO4S. The van der Waals surface area contributed by atoms with Crippen molar-refractivity contribution in [2.24, 2.45) is 0 Å². The highest BCUT2D eigenvalue weighted by molar-refractivity contribution is 7.86. The Morgan fingerprint density at radius 3 is 2.15 bits per heavy atom. The molecule has 1 aliphatic carbocycles. The highest BCUT2D eigenvalue weighted by Crippen LogP contribution is 2.20. The molecule has 0 aromatic heterocycles. The third kappa shape index (κ3) is 5.78. The lowest BCUT2D eigenvalue weighted by Gasteiger charge is -2.35. The van der Waals surface area contributed by atoms with Gasteiger partial charge in [-0.1, -0.05) is 12.2 Å². The maximum Gasteiger partial charge on any atom is 0.522 e. The Morgan fingerprint density at radius 1 is 1.20 bits per heavy atom. The van der Waals surface area contributed by atoms with Crippen molar-refractivity contribution in [3.63, 3.8) is 0 Å². The number of morpholine rings is 1.